The van der Waals surface area contributed by atoms with Crippen LogP contribution in [0, 0.1) is 5.92 Å². The molecule has 34 heavy (non-hydrogen) atoms. The van der Waals surface area contributed by atoms with Crippen molar-refractivity contribution in [2.45, 2.75) is 99.3 Å². The van der Waals surface area contributed by atoms with E-state index in [4.69, 9.17) is 9.79 Å². The van der Waals surface area contributed by atoms with E-state index in [1.165, 1.54) is 22.3 Å². The standard InChI is InChI=1S/C25H46O7P2/c1-21(2)11-7-12-22(3)13-8-14-23(4)15-9-16-24(5)17-10-18-25(6)19-20-31-34(29,30)32-33(26,27)28/h11,13,15,17,25H,7-10,12,14,16,18-20H2,1-6H3,(H,29,30)(H2,26,27,28). The van der Waals surface area contributed by atoms with E-state index >= 15 is 0 Å². The van der Waals surface area contributed by atoms with Gasteiger partial charge in [0.2, 0.25) is 0 Å². The van der Waals surface area contributed by atoms with E-state index in [1.54, 1.807) is 0 Å². The zero-order valence-corrected chi connectivity index (χ0v) is 23.6. The Balaban J connectivity index is 4.11. The van der Waals surface area contributed by atoms with Gasteiger partial charge >= 0.3 is 15.6 Å². The van der Waals surface area contributed by atoms with Crippen LogP contribution in [-0.4, -0.2) is 21.3 Å². The van der Waals surface area contributed by atoms with Crippen molar-refractivity contribution in [3.05, 3.63) is 46.6 Å². The molecule has 0 saturated carbocycles. The van der Waals surface area contributed by atoms with Gasteiger partial charge in [0.15, 0.2) is 0 Å². The first-order valence-electron chi connectivity index (χ1n) is 12.0. The molecule has 0 saturated heterocycles. The molecule has 0 radical (unpaired) electrons. The van der Waals surface area contributed by atoms with Crippen LogP contribution in [0.2, 0.25) is 0 Å². The maximum Gasteiger partial charge on any atom is 0.481 e. The van der Waals surface area contributed by atoms with Crippen LogP contribution in [0.25, 0.3) is 0 Å². The molecular weight excluding hydrogens is 474 g/mol. The average molecular weight is 521 g/mol. The number of phosphoric acid groups is 2. The minimum absolute atomic E-state index is 0.105. The van der Waals surface area contributed by atoms with Crippen molar-refractivity contribution >= 4 is 15.6 Å². The maximum atomic E-state index is 11.4. The monoisotopic (exact) mass is 520 g/mol. The lowest BCUT2D eigenvalue weighted by molar-refractivity contribution is 0.170. The molecule has 0 heterocycles. The summed E-state index contributed by atoms with van der Waals surface area (Å²) in [5, 5.41) is 0. The van der Waals surface area contributed by atoms with Crippen LogP contribution in [0.3, 0.4) is 0 Å². The minimum atomic E-state index is -5.07. The van der Waals surface area contributed by atoms with E-state index in [-0.39, 0.29) is 12.5 Å². The van der Waals surface area contributed by atoms with Gasteiger partial charge in [0.05, 0.1) is 6.61 Å². The molecule has 0 aromatic rings. The van der Waals surface area contributed by atoms with Gasteiger partial charge in [0.25, 0.3) is 0 Å². The van der Waals surface area contributed by atoms with Gasteiger partial charge < -0.3 is 14.7 Å². The molecule has 9 heteroatoms. The van der Waals surface area contributed by atoms with Gasteiger partial charge in [-0.05, 0) is 98.3 Å². The highest BCUT2D eigenvalue weighted by atomic mass is 31.3. The van der Waals surface area contributed by atoms with Crippen LogP contribution in [0.5, 0.6) is 0 Å². The predicted molar refractivity (Wildman–Crippen MR) is 140 cm³/mol. The molecule has 0 aliphatic rings. The summed E-state index contributed by atoms with van der Waals surface area (Å²) in [6.07, 6.45) is 18.0. The van der Waals surface area contributed by atoms with Gasteiger partial charge in [-0.2, -0.15) is 4.31 Å². The molecular formula is C25H46O7P2. The van der Waals surface area contributed by atoms with Gasteiger partial charge in [0, 0.05) is 0 Å². The molecule has 0 spiro atoms. The fraction of sp³-hybridized carbons (Fsp3) is 0.680. The molecule has 2 unspecified atom stereocenters. The summed E-state index contributed by atoms with van der Waals surface area (Å²) >= 11 is 0. The normalized spacial score (nSPS) is 16.3. The van der Waals surface area contributed by atoms with Gasteiger partial charge in [-0.3, -0.25) is 4.52 Å². The Labute approximate surface area is 206 Å². The maximum absolute atomic E-state index is 11.4. The summed E-state index contributed by atoms with van der Waals surface area (Å²) in [5.41, 5.74) is 5.62. The molecule has 0 bridgehead atoms. The predicted octanol–water partition coefficient (Wildman–Crippen LogP) is 8.16. The quantitative estimate of drug-likeness (QED) is 0.123. The Bertz CT molecular complexity index is 802. The number of hydrogen-bond acceptors (Lipinski definition) is 4. The van der Waals surface area contributed by atoms with Crippen LogP contribution >= 0.6 is 15.6 Å². The van der Waals surface area contributed by atoms with Crippen LogP contribution in [-0.2, 0) is 18.0 Å². The van der Waals surface area contributed by atoms with Crippen LogP contribution in [0.4, 0.5) is 0 Å². The first-order chi connectivity index (χ1) is 15.7. The SMILES string of the molecule is CC(C)=CCCC(C)=CCCC(C)=CCCC(C)=CCCC(C)CCOP(=O)(O)OP(=O)(O)O. The largest absolute Gasteiger partial charge is 0.481 e. The molecule has 3 N–H and O–H groups in total. The Morgan fingerprint density at radius 2 is 1.18 bits per heavy atom. The molecule has 0 aliphatic carbocycles. The highest BCUT2D eigenvalue weighted by Gasteiger charge is 2.32. The molecule has 0 aliphatic heterocycles. The highest BCUT2D eigenvalue weighted by Crippen LogP contribution is 2.57. The van der Waals surface area contributed by atoms with Crippen molar-refractivity contribution < 1.29 is 32.6 Å². The van der Waals surface area contributed by atoms with Crippen molar-refractivity contribution in [1.29, 1.82) is 0 Å². The molecule has 0 fully saturated rings. The van der Waals surface area contributed by atoms with E-state index in [0.29, 0.717) is 6.42 Å². The van der Waals surface area contributed by atoms with Gasteiger partial charge in [0.1, 0.15) is 0 Å². The number of allylic oxidation sites excluding steroid dienone is 8. The van der Waals surface area contributed by atoms with E-state index in [9.17, 15) is 14.0 Å². The van der Waals surface area contributed by atoms with Crippen LogP contribution in [0.1, 0.15) is 99.3 Å². The highest BCUT2D eigenvalue weighted by molar-refractivity contribution is 7.60. The number of hydrogen-bond donors (Lipinski definition) is 3. The molecule has 2 atom stereocenters. The second-order valence-corrected chi connectivity index (χ2v) is 12.2. The lowest BCUT2D eigenvalue weighted by Crippen LogP contribution is -2.02. The topological polar surface area (TPSA) is 113 Å². The number of phosphoric ester groups is 1. The third-order valence-corrected chi connectivity index (χ3v) is 7.57. The summed E-state index contributed by atoms with van der Waals surface area (Å²) in [4.78, 5) is 26.4. The van der Waals surface area contributed by atoms with E-state index in [2.05, 4.69) is 67.8 Å². The van der Waals surface area contributed by atoms with Crippen molar-refractivity contribution in [1.82, 2.24) is 0 Å². The van der Waals surface area contributed by atoms with E-state index in [0.717, 1.165) is 51.4 Å². The second kappa shape index (κ2) is 17.6. The number of rotatable bonds is 18. The zero-order valence-electron chi connectivity index (χ0n) is 21.8. The summed E-state index contributed by atoms with van der Waals surface area (Å²) in [6.45, 7) is 12.7. The smallest absolute Gasteiger partial charge is 0.302 e. The van der Waals surface area contributed by atoms with Crippen molar-refractivity contribution in [3.8, 4) is 0 Å². The van der Waals surface area contributed by atoms with E-state index < -0.39 is 15.6 Å². The zero-order chi connectivity index (χ0) is 26.2. The molecule has 198 valence electrons. The fourth-order valence-corrected chi connectivity index (χ4v) is 4.87. The Morgan fingerprint density at radius 1 is 0.735 bits per heavy atom. The summed E-state index contributed by atoms with van der Waals surface area (Å²) in [5.74, 6) is 0.236. The first-order valence-corrected chi connectivity index (χ1v) is 15.1. The van der Waals surface area contributed by atoms with Crippen molar-refractivity contribution in [3.63, 3.8) is 0 Å². The molecule has 0 aromatic heterocycles. The Hall–Kier alpha value is -0.780. The Morgan fingerprint density at radius 3 is 1.62 bits per heavy atom. The molecule has 0 rings (SSSR count). The Kier molecular flexibility index (Phi) is 17.2. The van der Waals surface area contributed by atoms with Crippen molar-refractivity contribution in [2.24, 2.45) is 5.92 Å². The lowest BCUT2D eigenvalue weighted by Gasteiger charge is -2.14. The van der Waals surface area contributed by atoms with Crippen LogP contribution in [0.15, 0.2) is 46.6 Å². The first kappa shape index (κ1) is 33.2. The lowest BCUT2D eigenvalue weighted by atomic mass is 10.0. The third-order valence-electron chi connectivity index (χ3n) is 5.38. The second-order valence-electron chi connectivity index (χ2n) is 9.39. The van der Waals surface area contributed by atoms with Crippen molar-refractivity contribution in [2.75, 3.05) is 6.61 Å². The molecule has 7 nitrogen and oxygen atoms in total. The van der Waals surface area contributed by atoms with Gasteiger partial charge in [-0.15, -0.1) is 0 Å². The van der Waals surface area contributed by atoms with E-state index in [1.807, 2.05) is 6.92 Å². The summed E-state index contributed by atoms with van der Waals surface area (Å²) < 4.78 is 30.4. The summed E-state index contributed by atoms with van der Waals surface area (Å²) in [7, 11) is -9.81. The average Bonchev–Trinajstić information content (AvgIpc) is 2.65. The molecule has 0 amide bonds. The fourth-order valence-electron chi connectivity index (χ4n) is 3.27. The third kappa shape index (κ3) is 21.7. The summed E-state index contributed by atoms with van der Waals surface area (Å²) in [6, 6.07) is 0. The minimum Gasteiger partial charge on any atom is -0.302 e. The molecule has 0 aromatic carbocycles. The van der Waals surface area contributed by atoms with Gasteiger partial charge in [-0.1, -0.05) is 53.5 Å². The van der Waals surface area contributed by atoms with Gasteiger partial charge in [-0.25, -0.2) is 9.13 Å². The van der Waals surface area contributed by atoms with Crippen LogP contribution < -0.4 is 0 Å².